The smallest absolute Gasteiger partial charge is 0.306 e. The Kier molecular flexibility index (Phi) is 8.03. The van der Waals surface area contributed by atoms with Crippen LogP contribution in [0.25, 0.3) is 44.3 Å². The molecule has 3 aliphatic heterocycles. The van der Waals surface area contributed by atoms with Gasteiger partial charge >= 0.3 is 5.97 Å². The van der Waals surface area contributed by atoms with Crippen LogP contribution in [-0.4, -0.2) is 74.4 Å². The number of nitrogens with zero attached hydrogens (tertiary/aromatic N) is 6. The van der Waals surface area contributed by atoms with Crippen LogP contribution >= 0.6 is 11.3 Å². The molecule has 0 unspecified atom stereocenters. The van der Waals surface area contributed by atoms with Gasteiger partial charge in [-0.15, -0.1) is 11.3 Å². The fourth-order valence-corrected chi connectivity index (χ4v) is 10.1. The first-order valence-corrected chi connectivity index (χ1v) is 19.0. The van der Waals surface area contributed by atoms with Gasteiger partial charge in [-0.3, -0.25) is 19.4 Å². The Bertz CT molecular complexity index is 2280. The number of carbonyl (C=O) groups excluding carboxylic acids is 1. The molecule has 10 nitrogen and oxygen atoms in total. The van der Waals surface area contributed by atoms with Crippen molar-refractivity contribution in [3.8, 4) is 39.2 Å². The number of oxazole rings is 1. The van der Waals surface area contributed by atoms with E-state index >= 15 is 0 Å². The van der Waals surface area contributed by atoms with E-state index in [2.05, 4.69) is 54.0 Å². The second-order valence-corrected chi connectivity index (χ2v) is 16.4. The summed E-state index contributed by atoms with van der Waals surface area (Å²) in [6.45, 7) is 10.4. The number of aromatic nitrogens is 2. The molecule has 0 bridgehead atoms. The minimum atomic E-state index is -0.687. The number of carbonyl (C=O) groups is 2. The molecule has 3 fully saturated rings. The highest BCUT2D eigenvalue weighted by Crippen LogP contribution is 2.52. The summed E-state index contributed by atoms with van der Waals surface area (Å²) in [6.07, 6.45) is 3.86. The molecule has 9 rings (SSSR count). The molecule has 1 spiro atoms. The molecular weight excluding hydrogens is 673 g/mol. The third-order valence-electron chi connectivity index (χ3n) is 11.7. The van der Waals surface area contributed by atoms with Crippen molar-refractivity contribution >= 4 is 34.3 Å². The van der Waals surface area contributed by atoms with Crippen molar-refractivity contribution in [2.24, 2.45) is 11.3 Å². The van der Waals surface area contributed by atoms with Gasteiger partial charge in [-0.2, -0.15) is 5.26 Å². The summed E-state index contributed by atoms with van der Waals surface area (Å²) in [6, 6.07) is 18.7. The molecule has 11 heteroatoms. The van der Waals surface area contributed by atoms with E-state index in [1.807, 2.05) is 29.2 Å². The van der Waals surface area contributed by atoms with Crippen LogP contribution in [0.5, 0.6) is 0 Å². The molecule has 1 saturated carbocycles. The number of carboxylic acids is 1. The van der Waals surface area contributed by atoms with Crippen LogP contribution in [0.3, 0.4) is 0 Å². The molecule has 1 aliphatic carbocycles. The number of carboxylic acid groups (broad SMARTS) is 1. The molecule has 3 aromatic carbocycles. The lowest BCUT2D eigenvalue weighted by atomic mass is 9.57. The summed E-state index contributed by atoms with van der Waals surface area (Å²) >= 11 is 1.69. The molecule has 5 aromatic rings. The number of likely N-dealkylation sites (tertiary alicyclic amines) is 2. The van der Waals surface area contributed by atoms with E-state index in [4.69, 9.17) is 14.4 Å². The van der Waals surface area contributed by atoms with Gasteiger partial charge in [0.25, 0.3) is 0 Å². The van der Waals surface area contributed by atoms with E-state index in [9.17, 15) is 20.0 Å². The quantitative estimate of drug-likeness (QED) is 0.181. The highest BCUT2D eigenvalue weighted by molar-refractivity contribution is 7.15. The first-order chi connectivity index (χ1) is 25.2. The number of hydrogen-bond acceptors (Lipinski definition) is 9. The number of nitriles is 1. The van der Waals surface area contributed by atoms with Crippen LogP contribution in [0.4, 0.5) is 0 Å². The maximum absolute atomic E-state index is 13.0. The van der Waals surface area contributed by atoms with Crippen molar-refractivity contribution in [1.29, 1.82) is 5.26 Å². The number of thiazole rings is 1. The standard InChI is InChI=1S/C41H40N6O4S/c1-24-29(30-8-6-10-32(25(30)2)39-44-34-19-47(20-35(34)52-39)36(48)21-45-11-3-4-12-45)7-5-9-31(24)38-43-33-14-26(13-27(17-42)37(33)51-38)18-46-22-41(23-46)15-28(16-41)40(49)50/h5-10,13-14,28H,3-4,11-12,15-16,18-23H2,1-2H3,(H,49,50). The van der Waals surface area contributed by atoms with Gasteiger partial charge in [0, 0.05) is 35.6 Å². The lowest BCUT2D eigenvalue weighted by Crippen LogP contribution is -2.62. The summed E-state index contributed by atoms with van der Waals surface area (Å²) in [7, 11) is 0. The lowest BCUT2D eigenvalue weighted by molar-refractivity contribution is -0.161. The lowest BCUT2D eigenvalue weighted by Gasteiger charge is -2.58. The number of benzene rings is 3. The Hall–Kier alpha value is -4.89. The van der Waals surface area contributed by atoms with E-state index in [0.717, 1.165) is 88.7 Å². The first kappa shape index (κ1) is 33.0. The van der Waals surface area contributed by atoms with E-state index in [0.29, 0.717) is 48.7 Å². The number of rotatable bonds is 8. The third-order valence-corrected chi connectivity index (χ3v) is 12.8. The van der Waals surface area contributed by atoms with Gasteiger partial charge in [0.15, 0.2) is 5.58 Å². The predicted molar refractivity (Wildman–Crippen MR) is 198 cm³/mol. The SMILES string of the molecule is Cc1c(-c2nc3cc(CN4CC5(CC(C(=O)O)C5)C4)cc(C#N)c3o2)cccc1-c1cccc(-c2nc3c(s2)CN(C(=O)CN2CCCC2)C3)c1C. The maximum Gasteiger partial charge on any atom is 0.306 e. The topological polar surface area (TPSA) is 127 Å². The second-order valence-electron chi connectivity index (χ2n) is 15.3. The maximum atomic E-state index is 13.0. The summed E-state index contributed by atoms with van der Waals surface area (Å²) in [5.74, 6) is -0.222. The van der Waals surface area contributed by atoms with Crippen LogP contribution < -0.4 is 0 Å². The van der Waals surface area contributed by atoms with Gasteiger partial charge in [-0.05, 0) is 104 Å². The largest absolute Gasteiger partial charge is 0.481 e. The normalized spacial score (nSPS) is 18.4. The molecule has 0 atom stereocenters. The van der Waals surface area contributed by atoms with Gasteiger partial charge in [-0.25, -0.2) is 9.97 Å². The van der Waals surface area contributed by atoms with Crippen molar-refractivity contribution in [2.45, 2.75) is 59.2 Å². The molecule has 52 heavy (non-hydrogen) atoms. The fourth-order valence-electron chi connectivity index (χ4n) is 8.95. The Morgan fingerprint density at radius 3 is 2.35 bits per heavy atom. The van der Waals surface area contributed by atoms with Gasteiger partial charge < -0.3 is 14.4 Å². The summed E-state index contributed by atoms with van der Waals surface area (Å²) in [5, 5.41) is 20.3. The Balaban J connectivity index is 0.944. The van der Waals surface area contributed by atoms with E-state index in [1.54, 1.807) is 11.3 Å². The highest BCUT2D eigenvalue weighted by atomic mass is 32.1. The first-order valence-electron chi connectivity index (χ1n) is 18.1. The number of hydrogen-bond donors (Lipinski definition) is 1. The van der Waals surface area contributed by atoms with E-state index in [1.165, 1.54) is 17.7 Å². The Labute approximate surface area is 306 Å². The number of fused-ring (bicyclic) bond motifs is 2. The van der Waals surface area contributed by atoms with Gasteiger partial charge in [-0.1, -0.05) is 30.3 Å². The molecule has 1 amide bonds. The second kappa shape index (κ2) is 12.7. The summed E-state index contributed by atoms with van der Waals surface area (Å²) in [4.78, 5) is 41.9. The third kappa shape index (κ3) is 5.70. The predicted octanol–water partition coefficient (Wildman–Crippen LogP) is 7.01. The number of aliphatic carboxylic acids is 1. The van der Waals surface area contributed by atoms with Crippen LogP contribution in [-0.2, 0) is 29.2 Å². The highest BCUT2D eigenvalue weighted by Gasteiger charge is 2.54. The molecule has 2 aromatic heterocycles. The average molecular weight is 713 g/mol. The van der Waals surface area contributed by atoms with Crippen molar-refractivity contribution in [2.75, 3.05) is 32.7 Å². The van der Waals surface area contributed by atoms with Crippen molar-refractivity contribution < 1.29 is 19.1 Å². The van der Waals surface area contributed by atoms with Gasteiger partial charge in [0.05, 0.1) is 36.8 Å². The zero-order chi connectivity index (χ0) is 35.7. The van der Waals surface area contributed by atoms with Crippen LogP contribution in [0.15, 0.2) is 52.9 Å². The zero-order valence-corrected chi connectivity index (χ0v) is 30.3. The molecule has 0 radical (unpaired) electrons. The van der Waals surface area contributed by atoms with E-state index < -0.39 is 5.97 Å². The molecular formula is C41H40N6O4S. The van der Waals surface area contributed by atoms with Crippen molar-refractivity contribution in [3.63, 3.8) is 0 Å². The molecule has 1 N–H and O–H groups in total. The number of amides is 1. The Morgan fingerprint density at radius 1 is 0.962 bits per heavy atom. The monoisotopic (exact) mass is 712 g/mol. The Morgan fingerprint density at radius 2 is 1.65 bits per heavy atom. The minimum Gasteiger partial charge on any atom is -0.481 e. The molecule has 4 aliphatic rings. The summed E-state index contributed by atoms with van der Waals surface area (Å²) < 4.78 is 6.32. The van der Waals surface area contributed by atoms with Gasteiger partial charge in [0.2, 0.25) is 11.8 Å². The van der Waals surface area contributed by atoms with Gasteiger partial charge in [0.1, 0.15) is 16.6 Å². The summed E-state index contributed by atoms with van der Waals surface area (Å²) in [5.41, 5.74) is 10.1. The molecule has 2 saturated heterocycles. The molecule has 264 valence electrons. The van der Waals surface area contributed by atoms with Crippen LogP contribution in [0.2, 0.25) is 0 Å². The molecule has 5 heterocycles. The van der Waals surface area contributed by atoms with Crippen molar-refractivity contribution in [3.05, 3.63) is 81.4 Å². The fraction of sp³-hybridized carbons (Fsp3) is 0.390. The van der Waals surface area contributed by atoms with E-state index in [-0.39, 0.29) is 17.2 Å². The van der Waals surface area contributed by atoms with Crippen LogP contribution in [0, 0.1) is 36.5 Å². The zero-order valence-electron chi connectivity index (χ0n) is 29.4. The van der Waals surface area contributed by atoms with Crippen LogP contribution in [0.1, 0.15) is 58.5 Å². The minimum absolute atomic E-state index is 0.142. The van der Waals surface area contributed by atoms with Crippen molar-refractivity contribution in [1.82, 2.24) is 24.7 Å². The average Bonchev–Trinajstić information content (AvgIpc) is 3.90.